The number of imide groups is 1. The molecule has 3 aliphatic carbocycles. The average Bonchev–Trinajstić information content (AvgIpc) is 2.77. The van der Waals surface area contributed by atoms with E-state index in [1.54, 1.807) is 17.6 Å². The molecule has 2 amide bonds. The van der Waals surface area contributed by atoms with E-state index in [2.05, 4.69) is 17.3 Å². The summed E-state index contributed by atoms with van der Waals surface area (Å²) in [5, 5.41) is 7.24. The van der Waals surface area contributed by atoms with Gasteiger partial charge in [0.05, 0.1) is 18.1 Å². The molecule has 5 heteroatoms. The lowest BCUT2D eigenvalue weighted by Crippen LogP contribution is -2.30. The van der Waals surface area contributed by atoms with E-state index in [-0.39, 0.29) is 40.9 Å². The van der Waals surface area contributed by atoms with E-state index in [1.165, 1.54) is 12.8 Å². The number of hydrogen-bond donors (Lipinski definition) is 0. The highest BCUT2D eigenvalue weighted by Gasteiger charge is 2.73. The highest BCUT2D eigenvalue weighted by Crippen LogP contribution is 2.73. The Bertz CT molecular complexity index is 668. The number of allylic oxidation sites excluding steroid dienone is 2. The number of rotatable bonds is 2. The van der Waals surface area contributed by atoms with Crippen LogP contribution in [0.3, 0.4) is 0 Å². The standard InChI is InChI=1S/C16H14N2O2S/c19-14-12-10-3-4-11(16(10)5-6-16)13(12)15(20)18(14)17-8-9-2-1-7-21-9/h1-4,7-8,10-13H,5-6H2/b17-8-/t10-,11+,12+,13-. The first-order valence-corrected chi connectivity index (χ1v) is 8.24. The molecule has 5 rings (SSSR count). The SMILES string of the molecule is O=C1[C@@H]2[C@H](C(=O)N1/N=C\c1cccs1)[C@@H]1C=C[C@H]2C12CC2. The van der Waals surface area contributed by atoms with Gasteiger partial charge in [0, 0.05) is 4.88 Å². The fourth-order valence-corrected chi connectivity index (χ4v) is 5.24. The molecule has 2 bridgehead atoms. The van der Waals surface area contributed by atoms with Crippen LogP contribution in [-0.2, 0) is 9.59 Å². The number of hydrogen-bond acceptors (Lipinski definition) is 4. The van der Waals surface area contributed by atoms with Crippen LogP contribution in [0.1, 0.15) is 17.7 Å². The van der Waals surface area contributed by atoms with E-state index in [4.69, 9.17) is 0 Å². The van der Waals surface area contributed by atoms with Gasteiger partial charge in [0.15, 0.2) is 0 Å². The molecule has 2 heterocycles. The zero-order chi connectivity index (χ0) is 14.2. The molecule has 3 fully saturated rings. The third-order valence-corrected chi connectivity index (χ3v) is 6.48. The second-order valence-corrected chi connectivity index (χ2v) is 7.45. The summed E-state index contributed by atoms with van der Waals surface area (Å²) in [7, 11) is 0. The lowest BCUT2D eigenvalue weighted by molar-refractivity contribution is -0.141. The number of hydrazone groups is 1. The van der Waals surface area contributed by atoms with Crippen LogP contribution in [0.2, 0.25) is 0 Å². The van der Waals surface area contributed by atoms with Crippen molar-refractivity contribution in [2.75, 3.05) is 0 Å². The summed E-state index contributed by atoms with van der Waals surface area (Å²) < 4.78 is 0. The smallest absolute Gasteiger partial charge is 0.254 e. The first-order chi connectivity index (χ1) is 10.2. The molecular weight excluding hydrogens is 284 g/mol. The predicted molar refractivity (Wildman–Crippen MR) is 78.5 cm³/mol. The largest absolute Gasteiger partial charge is 0.272 e. The minimum absolute atomic E-state index is 0.0964. The summed E-state index contributed by atoms with van der Waals surface area (Å²) in [5.74, 6) is 0.0320. The first-order valence-electron chi connectivity index (χ1n) is 7.36. The number of thiophene rings is 1. The van der Waals surface area contributed by atoms with Crippen LogP contribution in [0.5, 0.6) is 0 Å². The van der Waals surface area contributed by atoms with Crippen molar-refractivity contribution in [3.8, 4) is 0 Å². The maximum absolute atomic E-state index is 12.6. The van der Waals surface area contributed by atoms with Crippen molar-refractivity contribution in [3.05, 3.63) is 34.5 Å². The Kier molecular flexibility index (Phi) is 2.10. The van der Waals surface area contributed by atoms with Crippen LogP contribution < -0.4 is 0 Å². The Balaban J connectivity index is 1.48. The average molecular weight is 298 g/mol. The third kappa shape index (κ3) is 1.33. The topological polar surface area (TPSA) is 49.7 Å². The van der Waals surface area contributed by atoms with Gasteiger partial charge in [-0.25, -0.2) is 0 Å². The molecular formula is C16H14N2O2S. The fourth-order valence-electron chi connectivity index (χ4n) is 4.66. The van der Waals surface area contributed by atoms with Crippen molar-refractivity contribution < 1.29 is 9.59 Å². The minimum Gasteiger partial charge on any atom is -0.272 e. The number of carbonyl (C=O) groups is 2. The summed E-state index contributed by atoms with van der Waals surface area (Å²) in [6, 6.07) is 3.85. The predicted octanol–water partition coefficient (Wildman–Crippen LogP) is 2.28. The fraction of sp³-hybridized carbons (Fsp3) is 0.438. The Labute approximate surface area is 126 Å². The summed E-state index contributed by atoms with van der Waals surface area (Å²) in [6.07, 6.45) is 8.31. The molecule has 1 aliphatic heterocycles. The molecule has 21 heavy (non-hydrogen) atoms. The Hall–Kier alpha value is -1.75. The minimum atomic E-state index is -0.157. The molecule has 0 unspecified atom stereocenters. The van der Waals surface area contributed by atoms with E-state index in [0.717, 1.165) is 9.89 Å². The Morgan fingerprint density at radius 3 is 2.38 bits per heavy atom. The number of nitrogens with zero attached hydrogens (tertiary/aromatic N) is 2. The molecule has 0 radical (unpaired) electrons. The zero-order valence-corrected chi connectivity index (χ0v) is 12.1. The van der Waals surface area contributed by atoms with Crippen LogP contribution in [0.25, 0.3) is 0 Å². The van der Waals surface area contributed by atoms with Crippen molar-refractivity contribution in [1.29, 1.82) is 0 Å². The van der Waals surface area contributed by atoms with Gasteiger partial charge in [0.2, 0.25) is 0 Å². The van der Waals surface area contributed by atoms with E-state index in [1.807, 2.05) is 17.5 Å². The van der Waals surface area contributed by atoms with Crippen molar-refractivity contribution in [1.82, 2.24) is 5.01 Å². The van der Waals surface area contributed by atoms with Gasteiger partial charge in [-0.15, -0.1) is 11.3 Å². The van der Waals surface area contributed by atoms with E-state index >= 15 is 0 Å². The normalized spacial score (nSPS) is 38.2. The van der Waals surface area contributed by atoms with Crippen molar-refractivity contribution in [3.63, 3.8) is 0 Å². The van der Waals surface area contributed by atoms with Crippen LogP contribution in [-0.4, -0.2) is 23.0 Å². The van der Waals surface area contributed by atoms with Crippen molar-refractivity contribution >= 4 is 29.4 Å². The van der Waals surface area contributed by atoms with Gasteiger partial charge in [-0.05, 0) is 41.5 Å². The molecule has 4 aliphatic rings. The first kappa shape index (κ1) is 11.9. The second kappa shape index (κ2) is 3.71. The van der Waals surface area contributed by atoms with Gasteiger partial charge in [-0.1, -0.05) is 18.2 Å². The summed E-state index contributed by atoms with van der Waals surface area (Å²) in [6.45, 7) is 0. The molecule has 0 aromatic carbocycles. The summed E-state index contributed by atoms with van der Waals surface area (Å²) in [5.41, 5.74) is 0.254. The number of amides is 2. The van der Waals surface area contributed by atoms with Crippen molar-refractivity contribution in [2.24, 2.45) is 34.2 Å². The molecule has 2 saturated carbocycles. The lowest BCUT2D eigenvalue weighted by Gasteiger charge is -2.18. The van der Waals surface area contributed by atoms with Gasteiger partial charge in [0.25, 0.3) is 11.8 Å². The molecule has 106 valence electrons. The van der Waals surface area contributed by atoms with Crippen LogP contribution >= 0.6 is 11.3 Å². The third-order valence-electron chi connectivity index (χ3n) is 5.67. The molecule has 1 spiro atoms. The van der Waals surface area contributed by atoms with Crippen LogP contribution in [0.15, 0.2) is 34.8 Å². The van der Waals surface area contributed by atoms with Crippen LogP contribution in [0.4, 0.5) is 0 Å². The molecule has 1 aromatic rings. The van der Waals surface area contributed by atoms with Crippen LogP contribution in [0, 0.1) is 29.1 Å². The number of fused-ring (bicyclic) bond motifs is 3. The lowest BCUT2D eigenvalue weighted by atomic mass is 9.85. The van der Waals surface area contributed by atoms with Gasteiger partial charge >= 0.3 is 0 Å². The van der Waals surface area contributed by atoms with Crippen molar-refractivity contribution in [2.45, 2.75) is 12.8 Å². The Morgan fingerprint density at radius 1 is 1.19 bits per heavy atom. The monoisotopic (exact) mass is 298 g/mol. The summed E-state index contributed by atoms with van der Waals surface area (Å²) >= 11 is 1.54. The van der Waals surface area contributed by atoms with Gasteiger partial charge in [-0.3, -0.25) is 9.59 Å². The van der Waals surface area contributed by atoms with E-state index in [9.17, 15) is 9.59 Å². The van der Waals surface area contributed by atoms with Gasteiger partial charge < -0.3 is 0 Å². The summed E-state index contributed by atoms with van der Waals surface area (Å²) in [4.78, 5) is 26.2. The second-order valence-electron chi connectivity index (χ2n) is 6.47. The van der Waals surface area contributed by atoms with Gasteiger partial charge in [0.1, 0.15) is 0 Å². The quantitative estimate of drug-likeness (QED) is 0.478. The highest BCUT2D eigenvalue weighted by molar-refractivity contribution is 7.11. The molecule has 1 aromatic heterocycles. The zero-order valence-electron chi connectivity index (χ0n) is 11.3. The molecule has 1 saturated heterocycles. The van der Waals surface area contributed by atoms with E-state index in [0.29, 0.717) is 0 Å². The maximum atomic E-state index is 12.6. The van der Waals surface area contributed by atoms with E-state index < -0.39 is 0 Å². The molecule has 4 atom stereocenters. The molecule has 4 nitrogen and oxygen atoms in total. The maximum Gasteiger partial charge on any atom is 0.254 e. The Morgan fingerprint density at radius 2 is 1.86 bits per heavy atom. The highest BCUT2D eigenvalue weighted by atomic mass is 32.1. The number of carbonyl (C=O) groups excluding carboxylic acids is 2. The van der Waals surface area contributed by atoms with Gasteiger partial charge in [-0.2, -0.15) is 10.1 Å². The molecule has 0 N–H and O–H groups in total.